The molecule has 0 aliphatic carbocycles. The monoisotopic (exact) mass is 226 g/mol. The van der Waals surface area contributed by atoms with E-state index in [0.717, 1.165) is 12.0 Å². The van der Waals surface area contributed by atoms with Crippen molar-refractivity contribution in [3.05, 3.63) is 65.7 Å². The van der Waals surface area contributed by atoms with E-state index in [4.69, 9.17) is 0 Å². The minimum Gasteiger partial charge on any atom is -0.508 e. The number of hydrogen-bond acceptors (Lipinski definition) is 1. The van der Waals surface area contributed by atoms with Gasteiger partial charge < -0.3 is 5.11 Å². The van der Waals surface area contributed by atoms with Gasteiger partial charge in [0.2, 0.25) is 0 Å². The van der Waals surface area contributed by atoms with Gasteiger partial charge in [-0.15, -0.1) is 0 Å². The van der Waals surface area contributed by atoms with Crippen molar-refractivity contribution in [1.82, 2.24) is 0 Å². The van der Waals surface area contributed by atoms with Crippen LogP contribution in [0.5, 0.6) is 5.75 Å². The van der Waals surface area contributed by atoms with Crippen molar-refractivity contribution in [3.63, 3.8) is 0 Å². The molecule has 2 rings (SSSR count). The standard InChI is InChI=1S/C16H18O/c1-16(2,14-9-4-3-5-10-14)12-13-8-6-7-11-15(13)17/h3-11,17H,12H2,1-2H3. The lowest BCUT2D eigenvalue weighted by Gasteiger charge is -2.25. The van der Waals surface area contributed by atoms with Crippen molar-refractivity contribution in [2.75, 3.05) is 0 Å². The predicted molar refractivity (Wildman–Crippen MR) is 71.3 cm³/mol. The Morgan fingerprint density at radius 2 is 1.47 bits per heavy atom. The molecule has 0 radical (unpaired) electrons. The van der Waals surface area contributed by atoms with Gasteiger partial charge in [-0.3, -0.25) is 0 Å². The average Bonchev–Trinajstić information content (AvgIpc) is 2.33. The Kier molecular flexibility index (Phi) is 3.19. The van der Waals surface area contributed by atoms with Crippen LogP contribution in [0.15, 0.2) is 54.6 Å². The highest BCUT2D eigenvalue weighted by molar-refractivity contribution is 5.35. The molecule has 88 valence electrons. The van der Waals surface area contributed by atoms with Crippen LogP contribution in [0.25, 0.3) is 0 Å². The Balaban J connectivity index is 2.27. The second-order valence-electron chi connectivity index (χ2n) is 5.06. The van der Waals surface area contributed by atoms with Crippen molar-refractivity contribution in [1.29, 1.82) is 0 Å². The highest BCUT2D eigenvalue weighted by Gasteiger charge is 2.21. The van der Waals surface area contributed by atoms with Crippen LogP contribution in [0.2, 0.25) is 0 Å². The molecule has 1 nitrogen and oxygen atoms in total. The minimum atomic E-state index is 0.0279. The smallest absolute Gasteiger partial charge is 0.118 e. The Morgan fingerprint density at radius 1 is 0.882 bits per heavy atom. The van der Waals surface area contributed by atoms with Gasteiger partial charge in [-0.25, -0.2) is 0 Å². The summed E-state index contributed by atoms with van der Waals surface area (Å²) in [5.41, 5.74) is 2.32. The highest BCUT2D eigenvalue weighted by atomic mass is 16.3. The lowest BCUT2D eigenvalue weighted by atomic mass is 9.79. The van der Waals surface area contributed by atoms with Gasteiger partial charge in [-0.05, 0) is 29.0 Å². The maximum absolute atomic E-state index is 9.82. The van der Waals surface area contributed by atoms with Gasteiger partial charge in [0.25, 0.3) is 0 Å². The van der Waals surface area contributed by atoms with E-state index < -0.39 is 0 Å². The first-order valence-electron chi connectivity index (χ1n) is 5.92. The second kappa shape index (κ2) is 4.62. The molecule has 0 aromatic heterocycles. The molecule has 0 fully saturated rings. The van der Waals surface area contributed by atoms with E-state index in [9.17, 15) is 5.11 Å². The topological polar surface area (TPSA) is 20.2 Å². The molecular weight excluding hydrogens is 208 g/mol. The van der Waals surface area contributed by atoms with E-state index in [2.05, 4.69) is 38.1 Å². The van der Waals surface area contributed by atoms with Crippen molar-refractivity contribution < 1.29 is 5.11 Å². The number of rotatable bonds is 3. The Bertz CT molecular complexity index is 486. The van der Waals surface area contributed by atoms with E-state index in [0.29, 0.717) is 5.75 Å². The van der Waals surface area contributed by atoms with Crippen molar-refractivity contribution >= 4 is 0 Å². The number of benzene rings is 2. The van der Waals surface area contributed by atoms with Gasteiger partial charge in [0.05, 0.1) is 0 Å². The Morgan fingerprint density at radius 3 is 2.12 bits per heavy atom. The summed E-state index contributed by atoms with van der Waals surface area (Å²) >= 11 is 0. The van der Waals surface area contributed by atoms with Gasteiger partial charge in [0.15, 0.2) is 0 Å². The summed E-state index contributed by atoms with van der Waals surface area (Å²) in [6.07, 6.45) is 0.837. The van der Waals surface area contributed by atoms with Crippen LogP contribution in [-0.4, -0.2) is 5.11 Å². The zero-order valence-corrected chi connectivity index (χ0v) is 10.4. The summed E-state index contributed by atoms with van der Waals surface area (Å²) in [5.74, 6) is 0.386. The van der Waals surface area contributed by atoms with Crippen molar-refractivity contribution in [3.8, 4) is 5.75 Å². The maximum Gasteiger partial charge on any atom is 0.118 e. The summed E-state index contributed by atoms with van der Waals surface area (Å²) in [4.78, 5) is 0. The summed E-state index contributed by atoms with van der Waals surface area (Å²) in [7, 11) is 0. The molecule has 1 heteroatoms. The SMILES string of the molecule is CC(C)(Cc1ccccc1O)c1ccccc1. The van der Waals surface area contributed by atoms with Crippen LogP contribution in [0, 0.1) is 0 Å². The van der Waals surface area contributed by atoms with Crippen LogP contribution in [-0.2, 0) is 11.8 Å². The van der Waals surface area contributed by atoms with E-state index in [1.54, 1.807) is 6.07 Å². The van der Waals surface area contributed by atoms with E-state index >= 15 is 0 Å². The van der Waals surface area contributed by atoms with Crippen molar-refractivity contribution in [2.24, 2.45) is 0 Å². The van der Waals surface area contributed by atoms with Crippen LogP contribution >= 0.6 is 0 Å². The number of phenolic OH excluding ortho intramolecular Hbond substituents is 1. The van der Waals surface area contributed by atoms with Crippen LogP contribution in [0.3, 0.4) is 0 Å². The number of para-hydroxylation sites is 1. The number of phenols is 1. The summed E-state index contributed by atoms with van der Waals surface area (Å²) in [5, 5.41) is 9.82. The molecule has 0 heterocycles. The lowest BCUT2D eigenvalue weighted by Crippen LogP contribution is -2.20. The van der Waals surface area contributed by atoms with Gasteiger partial charge in [-0.1, -0.05) is 62.4 Å². The molecule has 0 amide bonds. The Labute approximate surface area is 103 Å². The zero-order valence-electron chi connectivity index (χ0n) is 10.4. The normalized spacial score (nSPS) is 11.4. The molecular formula is C16H18O. The first-order valence-corrected chi connectivity index (χ1v) is 5.92. The van der Waals surface area contributed by atoms with E-state index in [1.807, 2.05) is 24.3 Å². The fraction of sp³-hybridized carbons (Fsp3) is 0.250. The molecule has 0 aliphatic heterocycles. The predicted octanol–water partition coefficient (Wildman–Crippen LogP) is 3.91. The first kappa shape index (κ1) is 11.7. The van der Waals surface area contributed by atoms with Gasteiger partial charge in [-0.2, -0.15) is 0 Å². The third-order valence-corrected chi connectivity index (χ3v) is 3.18. The molecule has 0 unspecified atom stereocenters. The average molecular weight is 226 g/mol. The van der Waals surface area contributed by atoms with Gasteiger partial charge in [0, 0.05) is 0 Å². The fourth-order valence-electron chi connectivity index (χ4n) is 2.13. The van der Waals surface area contributed by atoms with Crippen LogP contribution in [0.4, 0.5) is 0 Å². The summed E-state index contributed by atoms with van der Waals surface area (Å²) < 4.78 is 0. The molecule has 17 heavy (non-hydrogen) atoms. The number of aromatic hydroxyl groups is 1. The Hall–Kier alpha value is -1.76. The zero-order chi connectivity index (χ0) is 12.3. The minimum absolute atomic E-state index is 0.0279. The highest BCUT2D eigenvalue weighted by Crippen LogP contribution is 2.30. The molecule has 0 saturated carbocycles. The third kappa shape index (κ3) is 2.68. The first-order chi connectivity index (χ1) is 8.09. The van der Waals surface area contributed by atoms with Crippen LogP contribution < -0.4 is 0 Å². The summed E-state index contributed by atoms with van der Waals surface area (Å²) in [6.45, 7) is 4.41. The molecule has 2 aromatic carbocycles. The van der Waals surface area contributed by atoms with E-state index in [-0.39, 0.29) is 5.41 Å². The maximum atomic E-state index is 9.82. The number of hydrogen-bond donors (Lipinski definition) is 1. The molecule has 0 atom stereocenters. The lowest BCUT2D eigenvalue weighted by molar-refractivity contribution is 0.450. The molecule has 0 saturated heterocycles. The molecule has 0 bridgehead atoms. The van der Waals surface area contributed by atoms with Gasteiger partial charge >= 0.3 is 0 Å². The molecule has 1 N–H and O–H groups in total. The third-order valence-electron chi connectivity index (χ3n) is 3.18. The van der Waals surface area contributed by atoms with Gasteiger partial charge in [0.1, 0.15) is 5.75 Å². The van der Waals surface area contributed by atoms with Crippen molar-refractivity contribution in [2.45, 2.75) is 25.7 Å². The molecule has 0 aliphatic rings. The molecule has 0 spiro atoms. The van der Waals surface area contributed by atoms with E-state index in [1.165, 1.54) is 5.56 Å². The summed E-state index contributed by atoms with van der Waals surface area (Å²) in [6, 6.07) is 18.0. The van der Waals surface area contributed by atoms with Crippen LogP contribution in [0.1, 0.15) is 25.0 Å². The fourth-order valence-corrected chi connectivity index (χ4v) is 2.13. The molecule has 2 aromatic rings. The second-order valence-corrected chi connectivity index (χ2v) is 5.06. The largest absolute Gasteiger partial charge is 0.508 e. The quantitative estimate of drug-likeness (QED) is 0.841.